The molecule has 1 spiro atoms. The summed E-state index contributed by atoms with van der Waals surface area (Å²) in [7, 11) is -1.90. The first-order valence-corrected chi connectivity index (χ1v) is 17.2. The smallest absolute Gasteiger partial charge is 0.302 e. The third-order valence-electron chi connectivity index (χ3n) is 11.3. The van der Waals surface area contributed by atoms with E-state index in [2.05, 4.69) is 47.7 Å². The van der Waals surface area contributed by atoms with E-state index in [1.165, 1.54) is 6.92 Å². The minimum Gasteiger partial charge on any atom is -0.462 e. The Bertz CT molecular complexity index is 830. The van der Waals surface area contributed by atoms with Crippen LogP contribution < -0.4 is 0 Å². The van der Waals surface area contributed by atoms with Gasteiger partial charge in [-0.1, -0.05) is 34.6 Å². The second-order valence-corrected chi connectivity index (χ2v) is 18.9. The first-order chi connectivity index (χ1) is 16.7. The average Bonchev–Trinajstić information content (AvgIpc) is 3.36. The van der Waals surface area contributed by atoms with Crippen molar-refractivity contribution in [1.82, 2.24) is 0 Å². The van der Waals surface area contributed by atoms with E-state index in [9.17, 15) is 9.59 Å². The van der Waals surface area contributed by atoms with E-state index in [-0.39, 0.29) is 51.8 Å². The zero-order valence-corrected chi connectivity index (χ0v) is 25.0. The molecule has 3 saturated carbocycles. The number of hydrogen-bond donors (Lipinski definition) is 0. The number of rotatable bonds is 6. The monoisotopic (exact) mass is 522 g/mol. The van der Waals surface area contributed by atoms with E-state index in [1.54, 1.807) is 0 Å². The molecule has 0 amide bonds. The fourth-order valence-electron chi connectivity index (χ4n) is 8.08. The fraction of sp³-hybridized carbons (Fsp3) is 0.931. The molecule has 6 nitrogen and oxygen atoms in total. The highest BCUT2D eigenvalue weighted by molar-refractivity contribution is 6.74. The van der Waals surface area contributed by atoms with Crippen LogP contribution in [0.5, 0.6) is 0 Å². The highest BCUT2D eigenvalue weighted by Gasteiger charge is 2.67. The van der Waals surface area contributed by atoms with Crippen molar-refractivity contribution < 1.29 is 28.2 Å². The van der Waals surface area contributed by atoms with E-state index < -0.39 is 14.1 Å². The van der Waals surface area contributed by atoms with Crippen LogP contribution in [0.2, 0.25) is 18.1 Å². The molecule has 206 valence electrons. The number of carbonyl (C=O) groups excluding carboxylic acids is 2. The molecule has 3 aliphatic carbocycles. The van der Waals surface area contributed by atoms with Gasteiger partial charge in [-0.15, -0.1) is 0 Å². The molecule has 0 aromatic carbocycles. The quantitative estimate of drug-likeness (QED) is 0.232. The minimum atomic E-state index is -1.90. The van der Waals surface area contributed by atoms with Crippen LogP contribution in [0.3, 0.4) is 0 Å². The Morgan fingerprint density at radius 3 is 2.25 bits per heavy atom. The van der Waals surface area contributed by atoms with Gasteiger partial charge < -0.3 is 23.4 Å². The number of fused-ring (bicyclic) bond motifs is 2. The summed E-state index contributed by atoms with van der Waals surface area (Å²) in [6.07, 6.45) is 8.30. The molecule has 0 bridgehead atoms. The SMILES string of the molecule is CC(=O)O[C@H]1C2CCC3(OCCO3)[C@@]2(C)CCC1[C@@]1(C)CCC(O[Si](C)(C)C(C)(C)C)C[C@@H]1CC=O. The molecule has 1 saturated heterocycles. The lowest BCUT2D eigenvalue weighted by Crippen LogP contribution is -2.58. The molecular weight excluding hydrogens is 472 g/mol. The van der Waals surface area contributed by atoms with Gasteiger partial charge in [-0.05, 0) is 68.0 Å². The first-order valence-electron chi connectivity index (χ1n) is 14.3. The summed E-state index contributed by atoms with van der Waals surface area (Å²) < 4.78 is 25.6. The summed E-state index contributed by atoms with van der Waals surface area (Å²) in [6.45, 7) is 18.9. The van der Waals surface area contributed by atoms with Crippen LogP contribution in [0.1, 0.15) is 92.9 Å². The van der Waals surface area contributed by atoms with Gasteiger partial charge in [0.05, 0.1) is 13.2 Å². The van der Waals surface area contributed by atoms with E-state index in [0.717, 1.165) is 51.2 Å². The normalized spacial score (nSPS) is 40.7. The lowest BCUT2D eigenvalue weighted by Gasteiger charge is -2.57. The summed E-state index contributed by atoms with van der Waals surface area (Å²) >= 11 is 0. The highest BCUT2D eigenvalue weighted by atomic mass is 28.4. The van der Waals surface area contributed by atoms with Crippen molar-refractivity contribution in [2.45, 2.75) is 129 Å². The van der Waals surface area contributed by atoms with Gasteiger partial charge in [-0.25, -0.2) is 0 Å². The molecule has 3 unspecified atom stereocenters. The van der Waals surface area contributed by atoms with E-state index in [0.29, 0.717) is 19.6 Å². The molecule has 36 heavy (non-hydrogen) atoms. The number of carbonyl (C=O) groups is 2. The molecule has 0 aromatic rings. The van der Waals surface area contributed by atoms with Gasteiger partial charge in [0, 0.05) is 43.1 Å². The zero-order valence-electron chi connectivity index (χ0n) is 24.0. The number of ether oxygens (including phenoxy) is 3. The van der Waals surface area contributed by atoms with Gasteiger partial charge in [-0.2, -0.15) is 0 Å². The van der Waals surface area contributed by atoms with Gasteiger partial charge >= 0.3 is 5.97 Å². The second-order valence-electron chi connectivity index (χ2n) is 14.1. The van der Waals surface area contributed by atoms with Crippen LogP contribution in [0.15, 0.2) is 0 Å². The maximum Gasteiger partial charge on any atom is 0.302 e. The summed E-state index contributed by atoms with van der Waals surface area (Å²) in [4.78, 5) is 24.3. The predicted molar refractivity (Wildman–Crippen MR) is 142 cm³/mol. The van der Waals surface area contributed by atoms with Crippen molar-refractivity contribution in [1.29, 1.82) is 0 Å². The minimum absolute atomic E-state index is 0.0806. The molecule has 4 fully saturated rings. The van der Waals surface area contributed by atoms with E-state index >= 15 is 0 Å². The molecule has 0 radical (unpaired) electrons. The Balaban J connectivity index is 1.60. The molecule has 7 heteroatoms. The van der Waals surface area contributed by atoms with Crippen molar-refractivity contribution in [2.24, 2.45) is 28.6 Å². The largest absolute Gasteiger partial charge is 0.462 e. The van der Waals surface area contributed by atoms with Crippen molar-refractivity contribution in [2.75, 3.05) is 13.2 Å². The Hall–Kier alpha value is -0.763. The first kappa shape index (κ1) is 28.3. The molecule has 0 N–H and O–H groups in total. The molecule has 1 heterocycles. The standard InChI is InChI=1S/C29H50O6Si/c1-20(31)34-25-23(10-14-28(6)24(25)11-15-29(28)32-17-18-33-29)27(5)13-9-22(19-21(27)12-16-30)35-36(7,8)26(2,3)4/h16,21-25H,9-15,17-19H2,1-8H3/t21-,22?,23?,24?,25+,27-,28-/m0/s1. The number of esters is 1. The van der Waals surface area contributed by atoms with E-state index in [4.69, 9.17) is 18.6 Å². The molecular formula is C29H50O6Si. The Kier molecular flexibility index (Phi) is 7.66. The van der Waals surface area contributed by atoms with Crippen molar-refractivity contribution in [3.63, 3.8) is 0 Å². The predicted octanol–water partition coefficient (Wildman–Crippen LogP) is 6.27. The van der Waals surface area contributed by atoms with Crippen LogP contribution in [-0.4, -0.2) is 51.8 Å². The molecule has 0 aromatic heterocycles. The van der Waals surface area contributed by atoms with Crippen molar-refractivity contribution in [3.8, 4) is 0 Å². The fourth-order valence-corrected chi connectivity index (χ4v) is 9.48. The van der Waals surface area contributed by atoms with Crippen molar-refractivity contribution >= 4 is 20.6 Å². The van der Waals surface area contributed by atoms with E-state index in [1.807, 2.05) is 0 Å². The van der Waals surface area contributed by atoms with Crippen LogP contribution in [0.25, 0.3) is 0 Å². The summed E-state index contributed by atoms with van der Waals surface area (Å²) in [6, 6.07) is 0. The molecule has 4 rings (SSSR count). The number of aldehydes is 1. The second kappa shape index (κ2) is 9.76. The van der Waals surface area contributed by atoms with Crippen LogP contribution in [0.4, 0.5) is 0 Å². The van der Waals surface area contributed by atoms with Gasteiger partial charge in [-0.3, -0.25) is 4.79 Å². The zero-order chi connectivity index (χ0) is 26.6. The molecule has 4 aliphatic rings. The maximum absolute atomic E-state index is 12.4. The van der Waals surface area contributed by atoms with Gasteiger partial charge in [0.2, 0.25) is 0 Å². The third kappa shape index (κ3) is 4.64. The summed E-state index contributed by atoms with van der Waals surface area (Å²) in [5.41, 5.74) is -0.248. The Labute approximate surface area is 219 Å². The maximum atomic E-state index is 12.4. The van der Waals surface area contributed by atoms with Gasteiger partial charge in [0.1, 0.15) is 12.4 Å². The third-order valence-corrected chi connectivity index (χ3v) is 15.8. The lowest BCUT2D eigenvalue weighted by molar-refractivity contribution is -0.252. The molecule has 1 aliphatic heterocycles. The highest BCUT2D eigenvalue weighted by Crippen LogP contribution is 2.65. The van der Waals surface area contributed by atoms with Crippen molar-refractivity contribution in [3.05, 3.63) is 0 Å². The Morgan fingerprint density at radius 1 is 1.03 bits per heavy atom. The number of hydrogen-bond acceptors (Lipinski definition) is 6. The van der Waals surface area contributed by atoms with Gasteiger partial charge in [0.15, 0.2) is 14.1 Å². The van der Waals surface area contributed by atoms with Gasteiger partial charge in [0.25, 0.3) is 0 Å². The van der Waals surface area contributed by atoms with Crippen LogP contribution >= 0.6 is 0 Å². The van der Waals surface area contributed by atoms with Crippen LogP contribution in [0, 0.1) is 28.6 Å². The lowest BCUT2D eigenvalue weighted by atomic mass is 9.51. The topological polar surface area (TPSA) is 71.1 Å². The summed E-state index contributed by atoms with van der Waals surface area (Å²) in [5.74, 6) is -0.115. The Morgan fingerprint density at radius 2 is 1.67 bits per heavy atom. The average molecular weight is 523 g/mol. The summed E-state index contributed by atoms with van der Waals surface area (Å²) in [5, 5.41) is 0.158. The van der Waals surface area contributed by atoms with Crippen LogP contribution in [-0.2, 0) is 28.2 Å². The molecule has 7 atom stereocenters.